The van der Waals surface area contributed by atoms with Crippen LogP contribution < -0.4 is 0 Å². The van der Waals surface area contributed by atoms with E-state index in [1.807, 2.05) is 11.3 Å². The third-order valence-corrected chi connectivity index (χ3v) is 12.5. The highest BCUT2D eigenvalue weighted by atomic mass is 32.1. The number of allylic oxidation sites excluding steroid dienone is 3. The lowest BCUT2D eigenvalue weighted by Gasteiger charge is -2.22. The molecule has 0 saturated heterocycles. The number of thiophene rings is 1. The Bertz CT molecular complexity index is 3010. The van der Waals surface area contributed by atoms with Gasteiger partial charge in [0.15, 0.2) is 0 Å². The predicted molar refractivity (Wildman–Crippen MR) is 236 cm³/mol. The van der Waals surface area contributed by atoms with Gasteiger partial charge in [-0.05, 0) is 116 Å². The van der Waals surface area contributed by atoms with Gasteiger partial charge in [-0.2, -0.15) is 0 Å². The molecule has 0 fully saturated rings. The van der Waals surface area contributed by atoms with Gasteiger partial charge in [0, 0.05) is 31.3 Å². The minimum Gasteiger partial charge on any atom is -0.248 e. The van der Waals surface area contributed by atoms with Crippen LogP contribution in [0.3, 0.4) is 0 Å². The van der Waals surface area contributed by atoms with E-state index in [1.165, 1.54) is 85.9 Å². The highest BCUT2D eigenvalue weighted by Crippen LogP contribution is 2.44. The predicted octanol–water partition coefficient (Wildman–Crippen LogP) is 15.1. The van der Waals surface area contributed by atoms with Gasteiger partial charge in [-0.1, -0.05) is 146 Å². The monoisotopic (exact) mass is 709 g/mol. The van der Waals surface area contributed by atoms with E-state index >= 15 is 0 Å². The van der Waals surface area contributed by atoms with Crippen molar-refractivity contribution in [2.75, 3.05) is 0 Å². The molecule has 10 rings (SSSR count). The fourth-order valence-electron chi connectivity index (χ4n) is 8.77. The van der Waals surface area contributed by atoms with E-state index in [2.05, 4.69) is 178 Å². The van der Waals surface area contributed by atoms with Crippen LogP contribution in [0.4, 0.5) is 0 Å². The van der Waals surface area contributed by atoms with Crippen LogP contribution in [-0.2, 0) is 0 Å². The molecule has 258 valence electrons. The third kappa shape index (κ3) is 5.40. The van der Waals surface area contributed by atoms with E-state index in [1.54, 1.807) is 0 Å². The van der Waals surface area contributed by atoms with Gasteiger partial charge < -0.3 is 0 Å². The third-order valence-electron chi connectivity index (χ3n) is 11.4. The van der Waals surface area contributed by atoms with Crippen LogP contribution >= 0.6 is 11.3 Å². The summed E-state index contributed by atoms with van der Waals surface area (Å²) in [6.45, 7) is 4.56. The molecule has 0 radical (unpaired) electrons. The van der Waals surface area contributed by atoms with Crippen LogP contribution in [0.15, 0.2) is 180 Å². The van der Waals surface area contributed by atoms with E-state index in [0.29, 0.717) is 0 Å². The molecular weight excluding hydrogens is 671 g/mol. The summed E-state index contributed by atoms with van der Waals surface area (Å²) in [5.41, 5.74) is 12.3. The van der Waals surface area contributed by atoms with Gasteiger partial charge in [0.05, 0.1) is 11.4 Å². The van der Waals surface area contributed by atoms with E-state index < -0.39 is 0 Å². The highest BCUT2D eigenvalue weighted by Gasteiger charge is 2.22. The Labute approximate surface area is 320 Å². The number of aliphatic imine (C=N–C) groups is 1. The van der Waals surface area contributed by atoms with Crippen molar-refractivity contribution in [2.24, 2.45) is 4.99 Å². The number of rotatable bonds is 5. The van der Waals surface area contributed by atoms with Crippen molar-refractivity contribution in [3.63, 3.8) is 0 Å². The summed E-state index contributed by atoms with van der Waals surface area (Å²) in [7, 11) is 0. The van der Waals surface area contributed by atoms with E-state index in [0.717, 1.165) is 41.8 Å². The van der Waals surface area contributed by atoms with Crippen molar-refractivity contribution < 1.29 is 0 Å². The fraction of sp³-hybridized carbons (Fsp3) is 0.0962. The largest absolute Gasteiger partial charge is 0.248 e. The van der Waals surface area contributed by atoms with Crippen LogP contribution in [0.1, 0.15) is 49.8 Å². The maximum absolute atomic E-state index is 5.71. The van der Waals surface area contributed by atoms with Gasteiger partial charge in [-0.3, -0.25) is 0 Å². The number of benzene rings is 8. The summed E-state index contributed by atoms with van der Waals surface area (Å²) >= 11 is 1.87. The first-order valence-corrected chi connectivity index (χ1v) is 19.9. The van der Waals surface area contributed by atoms with Crippen molar-refractivity contribution in [3.8, 4) is 11.1 Å². The SMILES string of the molecule is CCC1=C(c2ccccc2)CC/C(C)=C(\c2ccc3c4ccccc4c4cccc(-c5ccc6sc7ccccc7c6c5)c4c3c2)N=C1c1ccccc1. The van der Waals surface area contributed by atoms with Crippen molar-refractivity contribution in [3.05, 3.63) is 192 Å². The standard InChI is InChI=1S/C52H39NS/c1-3-38-39(34-15-6-4-7-16-34)28-25-33(2)51(53-52(38)35-17-8-5-9-18-35)37-26-29-43-41-19-10-11-20-42(41)45-23-14-22-40(50(45)47(43)32-37)36-27-30-49-46(31-36)44-21-12-13-24-48(44)54-49/h4-24,26-27,29-32H,3,25,28H2,1-2H3/b39-38?,51-33+,53-52?. The Kier molecular flexibility index (Phi) is 8.08. The molecule has 0 unspecified atom stereocenters. The van der Waals surface area contributed by atoms with Crippen LogP contribution in [0.2, 0.25) is 0 Å². The smallest absolute Gasteiger partial charge is 0.0744 e. The molecule has 2 heteroatoms. The molecule has 0 N–H and O–H groups in total. The first-order chi connectivity index (χ1) is 26.7. The molecule has 1 aliphatic rings. The zero-order valence-electron chi connectivity index (χ0n) is 30.6. The summed E-state index contributed by atoms with van der Waals surface area (Å²) in [6.07, 6.45) is 2.83. The van der Waals surface area contributed by atoms with Crippen LogP contribution in [-0.4, -0.2) is 5.71 Å². The quantitative estimate of drug-likeness (QED) is 0.158. The summed E-state index contributed by atoms with van der Waals surface area (Å²) in [4.78, 5) is 5.71. The number of hydrogen-bond acceptors (Lipinski definition) is 2. The van der Waals surface area contributed by atoms with Gasteiger partial charge in [0.25, 0.3) is 0 Å². The molecule has 0 aliphatic carbocycles. The van der Waals surface area contributed by atoms with E-state index in [4.69, 9.17) is 4.99 Å². The molecule has 8 aromatic carbocycles. The molecular formula is C52H39NS. The Hall–Kier alpha value is -6.09. The molecule has 0 bridgehead atoms. The molecule has 0 amide bonds. The molecule has 0 saturated carbocycles. The van der Waals surface area contributed by atoms with Crippen LogP contribution in [0, 0.1) is 0 Å². The van der Waals surface area contributed by atoms with Crippen molar-refractivity contribution in [2.45, 2.75) is 33.1 Å². The Morgan fingerprint density at radius 1 is 0.481 bits per heavy atom. The van der Waals surface area contributed by atoms with Gasteiger partial charge in [0.2, 0.25) is 0 Å². The second-order valence-electron chi connectivity index (χ2n) is 14.5. The average molecular weight is 710 g/mol. The topological polar surface area (TPSA) is 12.4 Å². The summed E-state index contributed by atoms with van der Waals surface area (Å²) in [5.74, 6) is 0. The Balaban J connectivity index is 1.24. The fourth-order valence-corrected chi connectivity index (χ4v) is 9.86. The number of nitrogens with zero attached hydrogens (tertiary/aromatic N) is 1. The molecule has 1 aromatic heterocycles. The van der Waals surface area contributed by atoms with Crippen molar-refractivity contribution in [1.29, 1.82) is 0 Å². The molecule has 1 aliphatic heterocycles. The normalized spacial score (nSPS) is 15.3. The number of hydrogen-bond donors (Lipinski definition) is 0. The van der Waals surface area contributed by atoms with Crippen molar-refractivity contribution >= 4 is 80.8 Å². The number of fused-ring (bicyclic) bond motifs is 9. The summed E-state index contributed by atoms with van der Waals surface area (Å²) in [5, 5.41) is 10.3. The maximum atomic E-state index is 5.71. The molecule has 0 atom stereocenters. The maximum Gasteiger partial charge on any atom is 0.0744 e. The minimum absolute atomic E-state index is 0.908. The first kappa shape index (κ1) is 32.6. The van der Waals surface area contributed by atoms with E-state index in [-0.39, 0.29) is 0 Å². The average Bonchev–Trinajstić information content (AvgIpc) is 3.61. The molecule has 0 spiro atoms. The van der Waals surface area contributed by atoms with E-state index in [9.17, 15) is 0 Å². The summed E-state index contributed by atoms with van der Waals surface area (Å²) in [6, 6.07) is 60.4. The molecule has 2 heterocycles. The lowest BCUT2D eigenvalue weighted by Crippen LogP contribution is -2.11. The van der Waals surface area contributed by atoms with Crippen LogP contribution in [0.25, 0.3) is 74.9 Å². The van der Waals surface area contributed by atoms with Gasteiger partial charge in [-0.25, -0.2) is 4.99 Å². The van der Waals surface area contributed by atoms with Crippen LogP contribution in [0.5, 0.6) is 0 Å². The molecule has 54 heavy (non-hydrogen) atoms. The zero-order valence-corrected chi connectivity index (χ0v) is 31.4. The zero-order chi connectivity index (χ0) is 36.2. The second-order valence-corrected chi connectivity index (χ2v) is 15.6. The van der Waals surface area contributed by atoms with Gasteiger partial charge in [0.1, 0.15) is 0 Å². The Morgan fingerprint density at radius 2 is 1.09 bits per heavy atom. The minimum atomic E-state index is 0.908. The van der Waals surface area contributed by atoms with Gasteiger partial charge >= 0.3 is 0 Å². The second kappa shape index (κ2) is 13.4. The molecule has 9 aromatic rings. The Morgan fingerprint density at radius 3 is 1.87 bits per heavy atom. The highest BCUT2D eigenvalue weighted by molar-refractivity contribution is 7.25. The lowest BCUT2D eigenvalue weighted by molar-refractivity contribution is 0.972. The lowest BCUT2D eigenvalue weighted by atomic mass is 9.85. The molecule has 1 nitrogen and oxygen atoms in total. The van der Waals surface area contributed by atoms with Crippen molar-refractivity contribution in [1.82, 2.24) is 0 Å². The van der Waals surface area contributed by atoms with Gasteiger partial charge in [-0.15, -0.1) is 11.3 Å². The summed E-state index contributed by atoms with van der Waals surface area (Å²) < 4.78 is 2.66. The first-order valence-electron chi connectivity index (χ1n) is 19.1.